The van der Waals surface area contributed by atoms with Crippen molar-refractivity contribution in [3.8, 4) is 0 Å². The van der Waals surface area contributed by atoms with Crippen molar-refractivity contribution in [1.82, 2.24) is 0 Å². The van der Waals surface area contributed by atoms with E-state index >= 15 is 0 Å². The zero-order valence-electron chi connectivity index (χ0n) is 6.73. The standard InChI is InChI=1S/C5H5BF3O2.K/c1-3-4(6(7,8)9)2-11-5(3)10;/h2H2,1H3;/q-1;+1. The quantitative estimate of drug-likeness (QED) is 0.374. The maximum Gasteiger partial charge on any atom is 1.00 e. The zero-order chi connectivity index (χ0) is 8.65. The van der Waals surface area contributed by atoms with E-state index in [0.717, 1.165) is 6.92 Å². The Balaban J connectivity index is 0.00000121. The average molecular weight is 204 g/mol. The molecule has 1 aliphatic rings. The fourth-order valence-electron chi connectivity index (χ4n) is 0.831. The molecule has 0 aromatic rings. The van der Waals surface area contributed by atoms with Crippen molar-refractivity contribution in [3.63, 3.8) is 0 Å². The number of hydrogen-bond acceptors (Lipinski definition) is 2. The summed E-state index contributed by atoms with van der Waals surface area (Å²) < 4.78 is 40.1. The van der Waals surface area contributed by atoms with Gasteiger partial charge < -0.3 is 17.7 Å². The van der Waals surface area contributed by atoms with Crippen LogP contribution in [0.15, 0.2) is 11.0 Å². The van der Waals surface area contributed by atoms with Crippen LogP contribution in [-0.4, -0.2) is 19.6 Å². The van der Waals surface area contributed by atoms with Crippen molar-refractivity contribution in [2.24, 2.45) is 0 Å². The van der Waals surface area contributed by atoms with Crippen LogP contribution in [0.3, 0.4) is 0 Å². The second kappa shape index (κ2) is 4.28. The molecule has 0 aromatic heterocycles. The molecule has 0 radical (unpaired) electrons. The molecule has 1 aliphatic heterocycles. The van der Waals surface area contributed by atoms with Gasteiger partial charge in [-0.25, -0.2) is 4.79 Å². The molecule has 0 fully saturated rings. The van der Waals surface area contributed by atoms with E-state index in [1.807, 2.05) is 0 Å². The van der Waals surface area contributed by atoms with Gasteiger partial charge >= 0.3 is 64.3 Å². The summed E-state index contributed by atoms with van der Waals surface area (Å²) >= 11 is 0. The van der Waals surface area contributed by atoms with E-state index in [9.17, 15) is 17.7 Å². The Labute approximate surface area is 110 Å². The number of esters is 1. The Hall–Kier alpha value is 0.701. The average Bonchev–Trinajstić information content (AvgIpc) is 2.11. The summed E-state index contributed by atoms with van der Waals surface area (Å²) in [6.45, 7) is -4.54. The van der Waals surface area contributed by atoms with Gasteiger partial charge in [-0.2, -0.15) is 0 Å². The molecule has 0 spiro atoms. The third-order valence-corrected chi connectivity index (χ3v) is 1.54. The first kappa shape index (κ1) is 12.7. The molecule has 62 valence electrons. The monoisotopic (exact) mass is 204 g/mol. The van der Waals surface area contributed by atoms with Gasteiger partial charge in [0, 0.05) is 5.57 Å². The minimum absolute atomic E-state index is 0. The van der Waals surface area contributed by atoms with Crippen molar-refractivity contribution in [2.45, 2.75) is 6.92 Å². The Bertz CT molecular complexity index is 235. The molecule has 0 bridgehead atoms. The summed E-state index contributed by atoms with van der Waals surface area (Å²) in [5.41, 5.74) is -1.12. The summed E-state index contributed by atoms with van der Waals surface area (Å²) in [6.07, 6.45) is 0. The van der Waals surface area contributed by atoms with E-state index in [0.29, 0.717) is 0 Å². The number of cyclic esters (lactones) is 1. The first-order valence-electron chi connectivity index (χ1n) is 2.99. The van der Waals surface area contributed by atoms with E-state index in [4.69, 9.17) is 0 Å². The van der Waals surface area contributed by atoms with Crippen molar-refractivity contribution < 1.29 is 73.9 Å². The van der Waals surface area contributed by atoms with Crippen LogP contribution in [0.1, 0.15) is 6.92 Å². The minimum Gasteiger partial charge on any atom is -0.461 e. The summed E-state index contributed by atoms with van der Waals surface area (Å²) in [6, 6.07) is 0. The van der Waals surface area contributed by atoms with Gasteiger partial charge in [-0.15, -0.1) is 0 Å². The molecule has 0 saturated carbocycles. The Morgan fingerprint density at radius 3 is 2.08 bits per heavy atom. The second-order valence-electron chi connectivity index (χ2n) is 2.30. The molecule has 1 rings (SSSR count). The predicted octanol–water partition coefficient (Wildman–Crippen LogP) is -1.75. The SMILES string of the molecule is CC1=C([B-](F)(F)F)COC1=O.[K+]. The molecular weight excluding hydrogens is 199 g/mol. The molecule has 12 heavy (non-hydrogen) atoms. The molecule has 0 atom stereocenters. The van der Waals surface area contributed by atoms with Crippen molar-refractivity contribution >= 4 is 12.9 Å². The Kier molecular flexibility index (Phi) is 4.53. The number of halogens is 3. The topological polar surface area (TPSA) is 26.3 Å². The van der Waals surface area contributed by atoms with E-state index in [1.54, 1.807) is 0 Å². The Morgan fingerprint density at radius 2 is 1.92 bits per heavy atom. The van der Waals surface area contributed by atoms with Gasteiger partial charge in [0.1, 0.15) is 0 Å². The zero-order valence-corrected chi connectivity index (χ0v) is 9.86. The molecule has 0 saturated heterocycles. The van der Waals surface area contributed by atoms with Crippen LogP contribution in [0.5, 0.6) is 0 Å². The fourth-order valence-corrected chi connectivity index (χ4v) is 0.831. The molecule has 0 amide bonds. The summed E-state index contributed by atoms with van der Waals surface area (Å²) in [4.78, 5) is 10.5. The van der Waals surface area contributed by atoms with Crippen LogP contribution in [-0.2, 0) is 9.53 Å². The van der Waals surface area contributed by atoms with Crippen LogP contribution in [0, 0.1) is 0 Å². The van der Waals surface area contributed by atoms with E-state index < -0.39 is 25.0 Å². The van der Waals surface area contributed by atoms with E-state index in [1.165, 1.54) is 0 Å². The summed E-state index contributed by atoms with van der Waals surface area (Å²) in [5.74, 6) is -0.862. The molecule has 0 aromatic carbocycles. The molecule has 0 unspecified atom stereocenters. The third-order valence-electron chi connectivity index (χ3n) is 1.54. The summed E-state index contributed by atoms with van der Waals surface area (Å²) in [7, 11) is 0. The molecular formula is C5H5BF3KO2. The number of ether oxygens (including phenoxy) is 1. The van der Waals surface area contributed by atoms with Gasteiger partial charge in [-0.3, -0.25) is 0 Å². The molecule has 1 heterocycles. The minimum atomic E-state index is -5.05. The van der Waals surface area contributed by atoms with Crippen molar-refractivity contribution in [3.05, 3.63) is 11.0 Å². The maximum atomic E-state index is 12.0. The van der Waals surface area contributed by atoms with Crippen LogP contribution in [0.4, 0.5) is 12.9 Å². The first-order chi connectivity index (χ1) is 4.93. The number of rotatable bonds is 1. The van der Waals surface area contributed by atoms with E-state index in [2.05, 4.69) is 4.74 Å². The Morgan fingerprint density at radius 1 is 1.42 bits per heavy atom. The normalized spacial score (nSPS) is 17.5. The van der Waals surface area contributed by atoms with Crippen LogP contribution in [0.2, 0.25) is 0 Å². The maximum absolute atomic E-state index is 12.0. The first-order valence-corrected chi connectivity index (χ1v) is 2.99. The van der Waals surface area contributed by atoms with Crippen LogP contribution in [0.25, 0.3) is 0 Å². The number of carbonyl (C=O) groups excluding carboxylic acids is 1. The van der Waals surface area contributed by atoms with Crippen molar-refractivity contribution in [2.75, 3.05) is 6.61 Å². The number of hydrogen-bond donors (Lipinski definition) is 0. The van der Waals surface area contributed by atoms with Gasteiger partial charge in [-0.1, -0.05) is 5.47 Å². The van der Waals surface area contributed by atoms with Gasteiger partial charge in [-0.05, 0) is 6.92 Å². The number of carbonyl (C=O) groups is 1. The molecule has 7 heteroatoms. The smallest absolute Gasteiger partial charge is 0.461 e. The van der Waals surface area contributed by atoms with Gasteiger partial charge in [0.2, 0.25) is 0 Å². The van der Waals surface area contributed by atoms with Gasteiger partial charge in [0.05, 0.1) is 6.61 Å². The second-order valence-corrected chi connectivity index (χ2v) is 2.30. The molecule has 0 aliphatic carbocycles. The van der Waals surface area contributed by atoms with Gasteiger partial charge in [0.15, 0.2) is 0 Å². The van der Waals surface area contributed by atoms with Crippen molar-refractivity contribution in [1.29, 1.82) is 0 Å². The van der Waals surface area contributed by atoms with Gasteiger partial charge in [0.25, 0.3) is 0 Å². The summed E-state index contributed by atoms with van der Waals surface area (Å²) in [5, 5.41) is 0. The molecule has 2 nitrogen and oxygen atoms in total. The predicted molar refractivity (Wildman–Crippen MR) is 32.7 cm³/mol. The van der Waals surface area contributed by atoms with Crippen LogP contribution >= 0.6 is 0 Å². The fraction of sp³-hybridized carbons (Fsp3) is 0.400. The third kappa shape index (κ3) is 2.59. The van der Waals surface area contributed by atoms with E-state index in [-0.39, 0.29) is 57.0 Å². The molecule has 0 N–H and O–H groups in total. The van der Waals surface area contributed by atoms with Crippen LogP contribution < -0.4 is 51.4 Å². The largest absolute Gasteiger partial charge is 1.00 e.